The molecule has 1 fully saturated rings. The van der Waals surface area contributed by atoms with Gasteiger partial charge in [-0.2, -0.15) is 0 Å². The molecule has 3 rings (SSSR count). The molecule has 1 aromatic carbocycles. The van der Waals surface area contributed by atoms with Crippen LogP contribution in [0.5, 0.6) is 0 Å². The number of benzene rings is 1. The van der Waals surface area contributed by atoms with E-state index in [-0.39, 0.29) is 18.0 Å². The average molecular weight is 449 g/mol. The van der Waals surface area contributed by atoms with Crippen LogP contribution in [-0.2, 0) is 6.54 Å². The summed E-state index contributed by atoms with van der Waals surface area (Å²) in [5.74, 6) is -0.199. The van der Waals surface area contributed by atoms with Crippen LogP contribution in [0.2, 0.25) is 5.02 Å². The highest BCUT2D eigenvalue weighted by Crippen LogP contribution is 2.24. The molecule has 0 saturated heterocycles. The number of amides is 3. The molecule has 8 heteroatoms. The second-order valence-corrected chi connectivity index (χ2v) is 8.84. The topological polar surface area (TPSA) is 64.7 Å². The predicted molar refractivity (Wildman–Crippen MR) is 123 cm³/mol. The zero-order valence-electron chi connectivity index (χ0n) is 17.5. The third-order valence-electron chi connectivity index (χ3n) is 5.17. The van der Waals surface area contributed by atoms with Crippen LogP contribution in [-0.4, -0.2) is 54.0 Å². The van der Waals surface area contributed by atoms with E-state index in [4.69, 9.17) is 11.6 Å². The Morgan fingerprint density at radius 3 is 2.57 bits per heavy atom. The van der Waals surface area contributed by atoms with Gasteiger partial charge in [0.1, 0.15) is 0 Å². The van der Waals surface area contributed by atoms with Gasteiger partial charge in [-0.25, -0.2) is 4.79 Å². The molecule has 1 aliphatic carbocycles. The zero-order chi connectivity index (χ0) is 21.5. The lowest BCUT2D eigenvalue weighted by Gasteiger charge is -2.26. The van der Waals surface area contributed by atoms with Crippen LogP contribution >= 0.6 is 22.9 Å². The van der Waals surface area contributed by atoms with Gasteiger partial charge < -0.3 is 20.4 Å². The summed E-state index contributed by atoms with van der Waals surface area (Å²) in [6.45, 7) is 8.11. The first-order valence-electron chi connectivity index (χ1n) is 10.4. The lowest BCUT2D eigenvalue weighted by atomic mass is 10.2. The van der Waals surface area contributed by atoms with Crippen molar-refractivity contribution in [2.45, 2.75) is 39.3 Å². The highest BCUT2D eigenvalue weighted by molar-refractivity contribution is 7.09. The fourth-order valence-corrected chi connectivity index (χ4v) is 4.04. The molecule has 0 bridgehead atoms. The smallest absolute Gasteiger partial charge is 0.322 e. The molecule has 2 N–H and O–H groups in total. The summed E-state index contributed by atoms with van der Waals surface area (Å²) in [4.78, 5) is 30.7. The summed E-state index contributed by atoms with van der Waals surface area (Å²) in [7, 11) is 0. The van der Waals surface area contributed by atoms with Gasteiger partial charge in [0.05, 0.1) is 17.1 Å². The van der Waals surface area contributed by atoms with Crippen LogP contribution in [0, 0.1) is 0 Å². The van der Waals surface area contributed by atoms with Crippen molar-refractivity contribution in [3.8, 4) is 0 Å². The molecule has 0 spiro atoms. The number of likely N-dealkylation sites (N-methyl/N-ethyl adjacent to an activating group) is 1. The van der Waals surface area contributed by atoms with Crippen molar-refractivity contribution >= 4 is 40.6 Å². The Kier molecular flexibility index (Phi) is 8.13. The SMILES string of the molecule is CCN(CC)CCN(Cc1cccs1)C(=O)Nc1ccc(Cl)c(C(=O)NC2CC2)c1. The minimum absolute atomic E-state index is 0.188. The normalized spacial score (nSPS) is 13.3. The molecule has 1 aliphatic rings. The fraction of sp³-hybridized carbons (Fsp3) is 0.455. The van der Waals surface area contributed by atoms with Crippen molar-refractivity contribution in [3.05, 3.63) is 51.2 Å². The van der Waals surface area contributed by atoms with E-state index in [0.717, 1.165) is 37.4 Å². The van der Waals surface area contributed by atoms with Crippen molar-refractivity contribution < 1.29 is 9.59 Å². The van der Waals surface area contributed by atoms with E-state index in [1.165, 1.54) is 0 Å². The van der Waals surface area contributed by atoms with Crippen LogP contribution in [0.4, 0.5) is 10.5 Å². The molecule has 1 aromatic heterocycles. The third kappa shape index (κ3) is 6.45. The Morgan fingerprint density at radius 2 is 1.93 bits per heavy atom. The Hall–Kier alpha value is -2.09. The van der Waals surface area contributed by atoms with Crippen molar-refractivity contribution in [1.29, 1.82) is 0 Å². The number of thiophene rings is 1. The molecule has 0 aliphatic heterocycles. The number of nitrogens with one attached hydrogen (secondary N) is 2. The molecule has 3 amide bonds. The minimum Gasteiger partial charge on any atom is -0.349 e. The first-order valence-corrected chi connectivity index (χ1v) is 11.7. The number of carbonyl (C=O) groups excluding carboxylic acids is 2. The van der Waals surface area contributed by atoms with Crippen molar-refractivity contribution in [2.24, 2.45) is 0 Å². The average Bonchev–Trinajstić information content (AvgIpc) is 3.40. The largest absolute Gasteiger partial charge is 0.349 e. The Morgan fingerprint density at radius 1 is 1.17 bits per heavy atom. The van der Waals surface area contributed by atoms with Crippen LogP contribution in [0.25, 0.3) is 0 Å². The quantitative estimate of drug-likeness (QED) is 0.555. The number of urea groups is 1. The summed E-state index contributed by atoms with van der Waals surface area (Å²) < 4.78 is 0. The van der Waals surface area contributed by atoms with E-state index < -0.39 is 0 Å². The van der Waals surface area contributed by atoms with Crippen LogP contribution in [0.15, 0.2) is 35.7 Å². The van der Waals surface area contributed by atoms with E-state index in [9.17, 15) is 9.59 Å². The predicted octanol–water partition coefficient (Wildman–Crippen LogP) is 4.67. The number of anilines is 1. The molecule has 162 valence electrons. The van der Waals surface area contributed by atoms with Crippen LogP contribution < -0.4 is 10.6 Å². The van der Waals surface area contributed by atoms with Gasteiger partial charge in [-0.15, -0.1) is 11.3 Å². The second-order valence-electron chi connectivity index (χ2n) is 7.40. The maximum Gasteiger partial charge on any atom is 0.322 e. The first kappa shape index (κ1) is 22.6. The molecule has 1 heterocycles. The molecular formula is C22H29ClN4O2S. The van der Waals surface area contributed by atoms with E-state index in [1.807, 2.05) is 22.4 Å². The fourth-order valence-electron chi connectivity index (χ4n) is 3.12. The second kappa shape index (κ2) is 10.8. The third-order valence-corrected chi connectivity index (χ3v) is 6.36. The van der Waals surface area contributed by atoms with Gasteiger partial charge in [0, 0.05) is 29.7 Å². The van der Waals surface area contributed by atoms with Crippen molar-refractivity contribution in [2.75, 3.05) is 31.5 Å². The van der Waals surface area contributed by atoms with E-state index in [1.54, 1.807) is 29.5 Å². The molecule has 2 aromatic rings. The summed E-state index contributed by atoms with van der Waals surface area (Å²) in [5, 5.41) is 8.27. The lowest BCUT2D eigenvalue weighted by molar-refractivity contribution is 0.0951. The first-order chi connectivity index (χ1) is 14.5. The van der Waals surface area contributed by atoms with Crippen LogP contribution in [0.1, 0.15) is 41.9 Å². The van der Waals surface area contributed by atoms with Crippen LogP contribution in [0.3, 0.4) is 0 Å². The van der Waals surface area contributed by atoms with Gasteiger partial charge in [-0.1, -0.05) is 31.5 Å². The summed E-state index contributed by atoms with van der Waals surface area (Å²) >= 11 is 7.85. The number of halogens is 1. The Balaban J connectivity index is 1.69. The molecular weight excluding hydrogens is 420 g/mol. The Labute approximate surface area is 187 Å². The van der Waals surface area contributed by atoms with E-state index in [0.29, 0.717) is 29.4 Å². The van der Waals surface area contributed by atoms with Crippen molar-refractivity contribution in [1.82, 2.24) is 15.1 Å². The van der Waals surface area contributed by atoms with Gasteiger partial charge in [0.15, 0.2) is 0 Å². The van der Waals surface area contributed by atoms with Gasteiger partial charge >= 0.3 is 6.03 Å². The number of hydrogen-bond donors (Lipinski definition) is 2. The highest BCUT2D eigenvalue weighted by Gasteiger charge is 2.25. The standard InChI is InChI=1S/C22H29ClN4O2S/c1-3-26(4-2)11-12-27(15-18-6-5-13-30-18)22(29)25-17-9-10-20(23)19(14-17)21(28)24-16-7-8-16/h5-6,9-10,13-14,16H,3-4,7-8,11-12,15H2,1-2H3,(H,24,28)(H,25,29). The zero-order valence-corrected chi connectivity index (χ0v) is 19.1. The van der Waals surface area contributed by atoms with Crippen molar-refractivity contribution in [3.63, 3.8) is 0 Å². The lowest BCUT2D eigenvalue weighted by Crippen LogP contribution is -2.40. The van der Waals surface area contributed by atoms with Gasteiger partial charge in [-0.3, -0.25) is 4.79 Å². The van der Waals surface area contributed by atoms with Gasteiger partial charge in [-0.05, 0) is 55.6 Å². The summed E-state index contributed by atoms with van der Waals surface area (Å²) in [6, 6.07) is 9.10. The Bertz CT molecular complexity index is 851. The van der Waals surface area contributed by atoms with Gasteiger partial charge in [0.25, 0.3) is 5.91 Å². The van der Waals surface area contributed by atoms with E-state index in [2.05, 4.69) is 29.4 Å². The van der Waals surface area contributed by atoms with E-state index >= 15 is 0 Å². The maximum absolute atomic E-state index is 13.0. The number of rotatable bonds is 10. The molecule has 0 unspecified atom stereocenters. The molecule has 0 radical (unpaired) electrons. The monoisotopic (exact) mass is 448 g/mol. The highest BCUT2D eigenvalue weighted by atomic mass is 35.5. The molecule has 1 saturated carbocycles. The van der Waals surface area contributed by atoms with Gasteiger partial charge in [0.2, 0.25) is 0 Å². The summed E-state index contributed by atoms with van der Waals surface area (Å²) in [5.41, 5.74) is 0.943. The molecule has 0 atom stereocenters. The minimum atomic E-state index is -0.199. The summed E-state index contributed by atoms with van der Waals surface area (Å²) in [6.07, 6.45) is 2.01. The maximum atomic E-state index is 13.0. The number of nitrogens with zero attached hydrogens (tertiary/aromatic N) is 2. The number of hydrogen-bond acceptors (Lipinski definition) is 4. The molecule has 6 nitrogen and oxygen atoms in total. The number of carbonyl (C=O) groups is 2. The molecule has 30 heavy (non-hydrogen) atoms.